The Bertz CT molecular complexity index is 785. The zero-order valence-corrected chi connectivity index (χ0v) is 18.7. The fraction of sp³-hybridized carbons (Fsp3) is 0.381. The molecule has 28 heavy (non-hydrogen) atoms. The van der Waals surface area contributed by atoms with Gasteiger partial charge >= 0.3 is 0 Å². The summed E-state index contributed by atoms with van der Waals surface area (Å²) in [5, 5.41) is 3.41. The van der Waals surface area contributed by atoms with Crippen molar-refractivity contribution in [1.82, 2.24) is 10.2 Å². The van der Waals surface area contributed by atoms with Crippen molar-refractivity contribution in [3.8, 4) is 5.75 Å². The molecule has 0 bridgehead atoms. The summed E-state index contributed by atoms with van der Waals surface area (Å²) in [6.45, 7) is 4.05. The zero-order valence-electron chi connectivity index (χ0n) is 16.4. The number of methoxy groups -OCH3 is 1. The lowest BCUT2D eigenvalue weighted by molar-refractivity contribution is -0.0605. The molecule has 0 amide bonds. The molecule has 2 aromatic rings. The summed E-state index contributed by atoms with van der Waals surface area (Å²) in [6.07, 6.45) is -0.0854. The third-order valence-corrected chi connectivity index (χ3v) is 4.64. The lowest BCUT2D eigenvalue weighted by Gasteiger charge is -2.38. The van der Waals surface area contributed by atoms with E-state index >= 15 is 0 Å². The van der Waals surface area contributed by atoms with Crippen molar-refractivity contribution < 1.29 is 13.9 Å². The average Bonchev–Trinajstić information content (AvgIpc) is 2.69. The smallest absolute Gasteiger partial charge is 0.194 e. The van der Waals surface area contributed by atoms with Crippen molar-refractivity contribution >= 4 is 29.9 Å². The van der Waals surface area contributed by atoms with Crippen molar-refractivity contribution in [2.75, 3.05) is 27.2 Å². The Morgan fingerprint density at radius 3 is 2.61 bits per heavy atom. The summed E-state index contributed by atoms with van der Waals surface area (Å²) >= 11 is 0. The maximum Gasteiger partial charge on any atom is 0.194 e. The van der Waals surface area contributed by atoms with Crippen molar-refractivity contribution in [1.29, 1.82) is 0 Å². The molecule has 152 valence electrons. The molecule has 1 heterocycles. The van der Waals surface area contributed by atoms with Crippen LogP contribution in [0.5, 0.6) is 5.75 Å². The van der Waals surface area contributed by atoms with Crippen molar-refractivity contribution in [3.63, 3.8) is 0 Å². The van der Waals surface area contributed by atoms with Gasteiger partial charge in [-0.2, -0.15) is 0 Å². The van der Waals surface area contributed by atoms with Gasteiger partial charge in [0.25, 0.3) is 0 Å². The van der Waals surface area contributed by atoms with Crippen LogP contribution < -0.4 is 10.1 Å². The van der Waals surface area contributed by atoms with E-state index in [0.717, 1.165) is 29.4 Å². The first-order valence-corrected chi connectivity index (χ1v) is 9.09. The van der Waals surface area contributed by atoms with Crippen molar-refractivity contribution in [2.24, 2.45) is 4.99 Å². The Kier molecular flexibility index (Phi) is 8.50. The highest BCUT2D eigenvalue weighted by Gasteiger charge is 2.28. The van der Waals surface area contributed by atoms with Crippen LogP contribution in [0.3, 0.4) is 0 Å². The highest BCUT2D eigenvalue weighted by molar-refractivity contribution is 14.0. The van der Waals surface area contributed by atoms with E-state index in [9.17, 15) is 4.39 Å². The predicted octanol–water partition coefficient (Wildman–Crippen LogP) is 3.99. The Hall–Kier alpha value is -1.87. The Balaban J connectivity index is 0.00000280. The van der Waals surface area contributed by atoms with E-state index in [-0.39, 0.29) is 42.0 Å². The summed E-state index contributed by atoms with van der Waals surface area (Å²) in [5.74, 6) is 1.41. The van der Waals surface area contributed by atoms with Gasteiger partial charge in [0.2, 0.25) is 0 Å². The number of aliphatic imine (C=N–C) groups is 1. The second-order valence-electron chi connectivity index (χ2n) is 6.60. The first-order valence-electron chi connectivity index (χ1n) is 9.09. The minimum atomic E-state index is -0.242. The molecule has 5 nitrogen and oxygen atoms in total. The number of rotatable bonds is 4. The van der Waals surface area contributed by atoms with E-state index in [1.165, 1.54) is 12.1 Å². The molecule has 7 heteroatoms. The number of morpholine rings is 1. The van der Waals surface area contributed by atoms with Gasteiger partial charge in [0.05, 0.1) is 19.8 Å². The fourth-order valence-corrected chi connectivity index (χ4v) is 3.34. The molecule has 1 aliphatic heterocycles. The van der Waals surface area contributed by atoms with Crippen molar-refractivity contribution in [2.45, 2.75) is 25.7 Å². The number of halogens is 2. The van der Waals surface area contributed by atoms with Gasteiger partial charge in [-0.3, -0.25) is 4.99 Å². The maximum atomic E-state index is 13.2. The van der Waals surface area contributed by atoms with Crippen LogP contribution in [0.15, 0.2) is 53.5 Å². The molecule has 3 rings (SSSR count). The molecule has 2 unspecified atom stereocenters. The van der Waals surface area contributed by atoms with Crippen LogP contribution in [0.1, 0.15) is 24.2 Å². The topological polar surface area (TPSA) is 46.1 Å². The van der Waals surface area contributed by atoms with Gasteiger partial charge in [0, 0.05) is 25.7 Å². The number of nitrogens with one attached hydrogen (secondary N) is 1. The number of nitrogens with zero attached hydrogens (tertiary/aromatic N) is 2. The van der Waals surface area contributed by atoms with E-state index in [4.69, 9.17) is 9.47 Å². The summed E-state index contributed by atoms with van der Waals surface area (Å²) in [7, 11) is 3.45. The summed E-state index contributed by atoms with van der Waals surface area (Å²) in [4.78, 5) is 6.61. The predicted molar refractivity (Wildman–Crippen MR) is 120 cm³/mol. The molecule has 0 saturated carbocycles. The lowest BCUT2D eigenvalue weighted by atomic mass is 10.1. The molecule has 1 fully saturated rings. The second-order valence-corrected chi connectivity index (χ2v) is 6.60. The molecule has 0 radical (unpaired) electrons. The quantitative estimate of drug-likeness (QED) is 0.393. The molecule has 1 aliphatic rings. The highest BCUT2D eigenvalue weighted by Crippen LogP contribution is 2.25. The summed E-state index contributed by atoms with van der Waals surface area (Å²) < 4.78 is 24.7. The van der Waals surface area contributed by atoms with Crippen LogP contribution >= 0.6 is 24.0 Å². The first-order chi connectivity index (χ1) is 13.1. The Morgan fingerprint density at radius 2 is 1.93 bits per heavy atom. The van der Waals surface area contributed by atoms with Crippen LogP contribution in [0.25, 0.3) is 0 Å². The van der Waals surface area contributed by atoms with Gasteiger partial charge in [0.15, 0.2) is 5.96 Å². The molecule has 1 saturated heterocycles. The molecule has 0 spiro atoms. The van der Waals surface area contributed by atoms with E-state index in [2.05, 4.69) is 15.2 Å². The monoisotopic (exact) mass is 499 g/mol. The summed E-state index contributed by atoms with van der Waals surface area (Å²) in [6, 6.07) is 14.4. The standard InChI is InChI=1S/C21H26FN3O2.HI/c1-15-13-25(14-20(27-15)16-8-10-18(22)11-9-16)21(23-2)24-12-17-6-4-5-7-19(17)26-3;/h4-11,15,20H,12-14H2,1-3H3,(H,23,24);1H. The molecule has 2 aromatic carbocycles. The SMILES string of the molecule is CN=C(NCc1ccccc1OC)N1CC(C)OC(c2ccc(F)cc2)C1.I. The molecular formula is C21H27FIN3O2. The first kappa shape index (κ1) is 22.4. The molecule has 2 atom stereocenters. The fourth-order valence-electron chi connectivity index (χ4n) is 3.34. The van der Waals surface area contributed by atoms with E-state index in [1.54, 1.807) is 26.3 Å². The Labute approximate surface area is 183 Å². The van der Waals surface area contributed by atoms with Gasteiger partial charge in [-0.15, -0.1) is 24.0 Å². The normalized spacial score (nSPS) is 19.7. The van der Waals surface area contributed by atoms with Crippen molar-refractivity contribution in [3.05, 3.63) is 65.5 Å². The van der Waals surface area contributed by atoms with E-state index < -0.39 is 0 Å². The molecule has 0 aromatic heterocycles. The van der Waals surface area contributed by atoms with Crippen LogP contribution in [0.2, 0.25) is 0 Å². The minimum Gasteiger partial charge on any atom is -0.496 e. The average molecular weight is 499 g/mol. The van der Waals surface area contributed by atoms with E-state index in [1.807, 2.05) is 31.2 Å². The third-order valence-electron chi connectivity index (χ3n) is 4.64. The van der Waals surface area contributed by atoms with Gasteiger partial charge in [-0.1, -0.05) is 30.3 Å². The number of hydrogen-bond acceptors (Lipinski definition) is 3. The second kappa shape index (κ2) is 10.6. The molecule has 0 aliphatic carbocycles. The van der Waals surface area contributed by atoms with Gasteiger partial charge in [0.1, 0.15) is 17.7 Å². The van der Waals surface area contributed by atoms with Crippen LogP contribution in [-0.2, 0) is 11.3 Å². The Morgan fingerprint density at radius 1 is 1.21 bits per heavy atom. The number of guanidine groups is 1. The van der Waals surface area contributed by atoms with Crippen LogP contribution in [0, 0.1) is 5.82 Å². The van der Waals surface area contributed by atoms with Gasteiger partial charge in [-0.05, 0) is 30.7 Å². The summed E-state index contributed by atoms with van der Waals surface area (Å²) in [5.41, 5.74) is 2.03. The number of para-hydroxylation sites is 1. The zero-order chi connectivity index (χ0) is 19.2. The van der Waals surface area contributed by atoms with E-state index in [0.29, 0.717) is 13.1 Å². The number of ether oxygens (including phenoxy) is 2. The highest BCUT2D eigenvalue weighted by atomic mass is 127. The maximum absolute atomic E-state index is 13.2. The number of hydrogen-bond donors (Lipinski definition) is 1. The number of benzene rings is 2. The molecule has 1 N–H and O–H groups in total. The largest absolute Gasteiger partial charge is 0.496 e. The third kappa shape index (κ3) is 5.57. The molecular weight excluding hydrogens is 472 g/mol. The lowest BCUT2D eigenvalue weighted by Crippen LogP contribution is -2.50. The minimum absolute atomic E-state index is 0. The van der Waals surface area contributed by atoms with Gasteiger partial charge < -0.3 is 19.7 Å². The van der Waals surface area contributed by atoms with Crippen LogP contribution in [0.4, 0.5) is 4.39 Å². The van der Waals surface area contributed by atoms with Crippen LogP contribution in [-0.4, -0.2) is 44.2 Å². The van der Waals surface area contributed by atoms with Gasteiger partial charge in [-0.25, -0.2) is 4.39 Å².